The van der Waals surface area contributed by atoms with Gasteiger partial charge in [-0.3, -0.25) is 10.1 Å². The third-order valence-corrected chi connectivity index (χ3v) is 3.28. The van der Waals surface area contributed by atoms with E-state index in [-0.39, 0.29) is 5.82 Å². The number of benzene rings is 1. The minimum atomic E-state index is -0.279. The summed E-state index contributed by atoms with van der Waals surface area (Å²) >= 11 is 6.31. The summed E-state index contributed by atoms with van der Waals surface area (Å²) in [6.07, 6.45) is 1.63. The van der Waals surface area contributed by atoms with Crippen LogP contribution in [0.2, 0.25) is 5.15 Å². The molecule has 0 unspecified atom stereocenters. The van der Waals surface area contributed by atoms with Crippen LogP contribution < -0.4 is 5.43 Å². The first-order valence-corrected chi connectivity index (χ1v) is 7.12. The zero-order valence-electron chi connectivity index (χ0n) is 12.3. The Morgan fingerprint density at radius 2 is 2.05 bits per heavy atom. The van der Waals surface area contributed by atoms with Gasteiger partial charge in [0.25, 0.3) is 0 Å². The Kier molecular flexibility index (Phi) is 4.96. The maximum atomic E-state index is 12.8. The average molecular weight is 309 g/mol. The molecule has 0 atom stereocenters. The zero-order valence-corrected chi connectivity index (χ0v) is 13.0. The van der Waals surface area contributed by atoms with Gasteiger partial charge in [-0.15, -0.1) is 0 Å². The Labute approximate surface area is 128 Å². The van der Waals surface area contributed by atoms with Gasteiger partial charge in [-0.1, -0.05) is 25.4 Å². The molecule has 0 saturated carbocycles. The molecule has 0 aliphatic rings. The SMILES string of the molecule is Cc1nn(CC(C)C)c(Cl)c1/C=N\Nc1ccc(F)cc1. The molecule has 21 heavy (non-hydrogen) atoms. The van der Waals surface area contributed by atoms with E-state index in [2.05, 4.69) is 29.5 Å². The van der Waals surface area contributed by atoms with Crippen molar-refractivity contribution in [3.8, 4) is 0 Å². The van der Waals surface area contributed by atoms with Crippen LogP contribution in [0.4, 0.5) is 10.1 Å². The Morgan fingerprint density at radius 3 is 2.67 bits per heavy atom. The molecule has 0 radical (unpaired) electrons. The minimum absolute atomic E-state index is 0.279. The number of rotatable bonds is 5. The van der Waals surface area contributed by atoms with Crippen molar-refractivity contribution in [3.63, 3.8) is 0 Å². The van der Waals surface area contributed by atoms with Crippen molar-refractivity contribution in [2.75, 3.05) is 5.43 Å². The maximum Gasteiger partial charge on any atom is 0.136 e. The molecular weight excluding hydrogens is 291 g/mol. The average Bonchev–Trinajstić information content (AvgIpc) is 2.67. The van der Waals surface area contributed by atoms with Crippen LogP contribution in [0.5, 0.6) is 0 Å². The van der Waals surface area contributed by atoms with Crippen molar-refractivity contribution in [1.29, 1.82) is 0 Å². The van der Waals surface area contributed by atoms with Gasteiger partial charge in [0.1, 0.15) is 11.0 Å². The first-order chi connectivity index (χ1) is 9.97. The molecule has 2 rings (SSSR count). The van der Waals surface area contributed by atoms with E-state index in [0.717, 1.165) is 17.8 Å². The number of nitrogens with one attached hydrogen (secondary N) is 1. The number of hydrogen-bond donors (Lipinski definition) is 1. The number of halogens is 2. The second kappa shape index (κ2) is 6.72. The molecule has 2 aromatic rings. The highest BCUT2D eigenvalue weighted by Crippen LogP contribution is 2.19. The van der Waals surface area contributed by atoms with E-state index in [4.69, 9.17) is 11.6 Å². The van der Waals surface area contributed by atoms with Gasteiger partial charge >= 0.3 is 0 Å². The molecule has 0 aliphatic carbocycles. The quantitative estimate of drug-likeness (QED) is 0.668. The van der Waals surface area contributed by atoms with Crippen LogP contribution in [0.15, 0.2) is 29.4 Å². The molecule has 6 heteroatoms. The van der Waals surface area contributed by atoms with Crippen molar-refractivity contribution >= 4 is 23.5 Å². The molecule has 1 aromatic carbocycles. The number of aryl methyl sites for hydroxylation is 1. The van der Waals surface area contributed by atoms with Gasteiger partial charge in [-0.05, 0) is 37.1 Å². The third-order valence-electron chi connectivity index (χ3n) is 2.88. The summed E-state index contributed by atoms with van der Waals surface area (Å²) < 4.78 is 14.6. The molecule has 0 saturated heterocycles. The monoisotopic (exact) mass is 308 g/mol. The fraction of sp³-hybridized carbons (Fsp3) is 0.333. The lowest BCUT2D eigenvalue weighted by Crippen LogP contribution is -2.06. The molecule has 112 valence electrons. The molecule has 1 aromatic heterocycles. The first kappa shape index (κ1) is 15.5. The van der Waals surface area contributed by atoms with Crippen LogP contribution in [-0.4, -0.2) is 16.0 Å². The van der Waals surface area contributed by atoms with Crippen molar-refractivity contribution < 1.29 is 4.39 Å². The van der Waals surface area contributed by atoms with Gasteiger partial charge < -0.3 is 0 Å². The van der Waals surface area contributed by atoms with Crippen LogP contribution in [0.25, 0.3) is 0 Å². The van der Waals surface area contributed by atoms with E-state index >= 15 is 0 Å². The van der Waals surface area contributed by atoms with Crippen molar-refractivity contribution in [1.82, 2.24) is 9.78 Å². The highest BCUT2D eigenvalue weighted by molar-refractivity contribution is 6.32. The molecule has 0 bridgehead atoms. The van der Waals surface area contributed by atoms with Gasteiger partial charge in [-0.2, -0.15) is 10.2 Å². The van der Waals surface area contributed by atoms with E-state index in [0.29, 0.717) is 16.8 Å². The van der Waals surface area contributed by atoms with Gasteiger partial charge in [0.15, 0.2) is 0 Å². The lowest BCUT2D eigenvalue weighted by molar-refractivity contribution is 0.482. The molecule has 1 N–H and O–H groups in total. The highest BCUT2D eigenvalue weighted by atomic mass is 35.5. The van der Waals surface area contributed by atoms with Crippen molar-refractivity contribution in [2.24, 2.45) is 11.0 Å². The summed E-state index contributed by atoms with van der Waals surface area (Å²) in [6.45, 7) is 6.87. The van der Waals surface area contributed by atoms with Crippen molar-refractivity contribution in [3.05, 3.63) is 46.5 Å². The normalized spacial score (nSPS) is 11.5. The first-order valence-electron chi connectivity index (χ1n) is 6.75. The van der Waals surface area contributed by atoms with Gasteiger partial charge in [0.05, 0.1) is 23.2 Å². The summed E-state index contributed by atoms with van der Waals surface area (Å²) in [5, 5.41) is 9.10. The number of hydrogen-bond acceptors (Lipinski definition) is 3. The van der Waals surface area contributed by atoms with Gasteiger partial charge in [0.2, 0.25) is 0 Å². The van der Waals surface area contributed by atoms with E-state index < -0.39 is 0 Å². The second-order valence-corrected chi connectivity index (χ2v) is 5.60. The minimum Gasteiger partial charge on any atom is -0.278 e. The Hall–Kier alpha value is -1.88. The lowest BCUT2D eigenvalue weighted by atomic mass is 10.2. The number of nitrogens with zero attached hydrogens (tertiary/aromatic N) is 3. The smallest absolute Gasteiger partial charge is 0.136 e. The summed E-state index contributed by atoms with van der Waals surface area (Å²) in [7, 11) is 0. The van der Waals surface area contributed by atoms with E-state index in [1.165, 1.54) is 12.1 Å². The fourth-order valence-electron chi connectivity index (χ4n) is 1.88. The standard InChI is InChI=1S/C15H18ClFN4/c1-10(2)9-21-15(16)14(11(3)20-21)8-18-19-13-6-4-12(17)5-7-13/h4-8,10,19H,9H2,1-3H3/b18-8-. The third kappa shape index (κ3) is 4.04. The Balaban J connectivity index is 2.10. The highest BCUT2D eigenvalue weighted by Gasteiger charge is 2.12. The molecule has 1 heterocycles. The maximum absolute atomic E-state index is 12.8. The van der Waals surface area contributed by atoms with E-state index in [1.54, 1.807) is 23.0 Å². The van der Waals surface area contributed by atoms with Gasteiger partial charge in [0, 0.05) is 6.54 Å². The zero-order chi connectivity index (χ0) is 15.4. The molecule has 0 amide bonds. The molecule has 0 fully saturated rings. The molecule has 4 nitrogen and oxygen atoms in total. The van der Waals surface area contributed by atoms with E-state index in [1.807, 2.05) is 6.92 Å². The van der Waals surface area contributed by atoms with Gasteiger partial charge in [-0.25, -0.2) is 4.39 Å². The predicted molar refractivity (Wildman–Crippen MR) is 84.4 cm³/mol. The van der Waals surface area contributed by atoms with E-state index in [9.17, 15) is 4.39 Å². The van der Waals surface area contributed by atoms with Crippen molar-refractivity contribution in [2.45, 2.75) is 27.3 Å². The fourth-order valence-corrected chi connectivity index (χ4v) is 2.17. The molecule has 0 spiro atoms. The lowest BCUT2D eigenvalue weighted by Gasteiger charge is -2.05. The largest absolute Gasteiger partial charge is 0.278 e. The predicted octanol–water partition coefficient (Wildman–Crippen LogP) is 4.09. The van der Waals surface area contributed by atoms with Crippen LogP contribution >= 0.6 is 11.6 Å². The summed E-state index contributed by atoms with van der Waals surface area (Å²) in [5.41, 5.74) is 5.15. The Morgan fingerprint density at radius 1 is 1.38 bits per heavy atom. The number of hydrazone groups is 1. The summed E-state index contributed by atoms with van der Waals surface area (Å²) in [4.78, 5) is 0. The number of aromatic nitrogens is 2. The molecular formula is C15H18ClFN4. The Bertz CT molecular complexity index is 632. The van der Waals surface area contributed by atoms with Crippen LogP contribution in [-0.2, 0) is 6.54 Å². The summed E-state index contributed by atoms with van der Waals surface area (Å²) in [5.74, 6) is 0.183. The van der Waals surface area contributed by atoms with Crippen LogP contribution in [0.1, 0.15) is 25.1 Å². The second-order valence-electron chi connectivity index (χ2n) is 5.24. The summed E-state index contributed by atoms with van der Waals surface area (Å²) in [6, 6.07) is 5.97. The number of anilines is 1. The topological polar surface area (TPSA) is 42.2 Å². The molecule has 0 aliphatic heterocycles. The van der Waals surface area contributed by atoms with Crippen LogP contribution in [0, 0.1) is 18.7 Å². The van der Waals surface area contributed by atoms with Crippen LogP contribution in [0.3, 0.4) is 0 Å².